The van der Waals surface area contributed by atoms with Crippen LogP contribution in [-0.4, -0.2) is 37.3 Å². The third kappa shape index (κ3) is 4.49. The van der Waals surface area contributed by atoms with E-state index in [9.17, 15) is 13.2 Å². The summed E-state index contributed by atoms with van der Waals surface area (Å²) in [5.74, 6) is 0.592. The van der Waals surface area contributed by atoms with Gasteiger partial charge in [0.15, 0.2) is 9.84 Å². The smallest absolute Gasteiger partial charge is 0.232 e. The number of carbonyl (C=O) groups is 1. The van der Waals surface area contributed by atoms with Crippen LogP contribution in [-0.2, 0) is 20.4 Å². The molecule has 1 aromatic heterocycles. The van der Waals surface area contributed by atoms with Crippen LogP contribution >= 0.6 is 11.6 Å². The van der Waals surface area contributed by atoms with E-state index in [0.717, 1.165) is 11.3 Å². The number of sulfone groups is 1. The summed E-state index contributed by atoms with van der Waals surface area (Å²) in [6.07, 6.45) is 1.49. The maximum absolute atomic E-state index is 12.4. The van der Waals surface area contributed by atoms with Crippen LogP contribution in [0.5, 0.6) is 0 Å². The molecule has 150 valence electrons. The Morgan fingerprint density at radius 3 is 2.48 bits per heavy atom. The van der Waals surface area contributed by atoms with Crippen molar-refractivity contribution in [3.05, 3.63) is 65.0 Å². The van der Waals surface area contributed by atoms with Gasteiger partial charge in [-0.25, -0.2) is 8.42 Å². The van der Waals surface area contributed by atoms with Crippen molar-refractivity contribution >= 4 is 33.0 Å². The third-order valence-electron chi connectivity index (χ3n) is 4.70. The number of aromatic nitrogens is 2. The van der Waals surface area contributed by atoms with Crippen LogP contribution in [0.15, 0.2) is 53.1 Å². The van der Waals surface area contributed by atoms with Gasteiger partial charge in [-0.1, -0.05) is 41.0 Å². The topological polar surface area (TPSA) is 93.4 Å². The number of carbonyl (C=O) groups excluding carboxylic acids is 1. The number of hydrogen-bond acceptors (Lipinski definition) is 6. The minimum absolute atomic E-state index is 0.0119. The molecule has 0 saturated carbocycles. The number of halogens is 1. The van der Waals surface area contributed by atoms with Gasteiger partial charge < -0.3 is 9.42 Å². The second kappa shape index (κ2) is 7.61. The maximum Gasteiger partial charge on any atom is 0.232 e. The maximum atomic E-state index is 12.4. The third-order valence-corrected chi connectivity index (χ3v) is 5.80. The zero-order valence-corrected chi connectivity index (χ0v) is 17.2. The van der Waals surface area contributed by atoms with Crippen molar-refractivity contribution in [1.29, 1.82) is 0 Å². The molecule has 1 aliphatic rings. The van der Waals surface area contributed by atoms with Gasteiger partial charge in [-0.2, -0.15) is 4.98 Å². The molecule has 3 aromatic rings. The Balaban J connectivity index is 1.49. The number of hydrogen-bond donors (Lipinski definition) is 0. The minimum atomic E-state index is -3.09. The molecule has 1 aliphatic heterocycles. The lowest BCUT2D eigenvalue weighted by atomic mass is 10.1. The predicted molar refractivity (Wildman–Crippen MR) is 109 cm³/mol. The Morgan fingerprint density at radius 1 is 1.14 bits per heavy atom. The fourth-order valence-corrected chi connectivity index (χ4v) is 4.24. The molecule has 0 spiro atoms. The van der Waals surface area contributed by atoms with Crippen molar-refractivity contribution in [3.8, 4) is 11.4 Å². The number of benzene rings is 2. The van der Waals surface area contributed by atoms with E-state index in [1.54, 1.807) is 53.4 Å². The molecule has 7 nitrogen and oxygen atoms in total. The van der Waals surface area contributed by atoms with Gasteiger partial charge in [-0.3, -0.25) is 4.79 Å². The Labute approximate surface area is 173 Å². The van der Waals surface area contributed by atoms with E-state index in [0.29, 0.717) is 28.8 Å². The highest BCUT2D eigenvalue weighted by atomic mass is 35.5. The van der Waals surface area contributed by atoms with E-state index in [2.05, 4.69) is 10.1 Å². The molecule has 1 fully saturated rings. The van der Waals surface area contributed by atoms with Gasteiger partial charge in [0.2, 0.25) is 17.6 Å². The molecule has 0 bridgehead atoms. The average Bonchev–Trinajstić information content (AvgIpc) is 3.29. The van der Waals surface area contributed by atoms with Crippen molar-refractivity contribution in [2.24, 2.45) is 0 Å². The summed E-state index contributed by atoms with van der Waals surface area (Å²) in [6.45, 7) is 0.454. The highest BCUT2D eigenvalue weighted by molar-refractivity contribution is 7.89. The van der Waals surface area contributed by atoms with Gasteiger partial charge in [0.05, 0.1) is 11.7 Å². The Kier molecular flexibility index (Phi) is 5.14. The molecule has 29 heavy (non-hydrogen) atoms. The lowest BCUT2D eigenvalue weighted by molar-refractivity contribution is -0.117. The quantitative estimate of drug-likeness (QED) is 0.614. The summed E-state index contributed by atoms with van der Waals surface area (Å²) in [5, 5.41) is 4.63. The zero-order valence-electron chi connectivity index (χ0n) is 15.6. The van der Waals surface area contributed by atoms with Crippen LogP contribution in [0.4, 0.5) is 5.69 Å². The summed E-state index contributed by atoms with van der Waals surface area (Å²) < 4.78 is 28.2. The van der Waals surface area contributed by atoms with Crippen molar-refractivity contribution in [1.82, 2.24) is 10.1 Å². The molecule has 1 saturated heterocycles. The second-order valence-corrected chi connectivity index (χ2v) is 9.68. The standard InChI is InChI=1S/C20H18ClN3O4S/c1-29(26,27)12-13-2-4-14(5-3-13)19-22-20(28-23-19)15-10-18(25)24(11-15)17-8-6-16(21)7-9-17/h2-9,15H,10-12H2,1H3. The number of nitrogens with zero attached hydrogens (tertiary/aromatic N) is 3. The van der Waals surface area contributed by atoms with Gasteiger partial charge in [-0.15, -0.1) is 0 Å². The van der Waals surface area contributed by atoms with Gasteiger partial charge in [-0.05, 0) is 29.8 Å². The predicted octanol–water partition coefficient (Wildman–Crippen LogP) is 3.46. The summed E-state index contributed by atoms with van der Waals surface area (Å²) in [5.41, 5.74) is 2.19. The molecule has 2 aromatic carbocycles. The van der Waals surface area contributed by atoms with E-state index < -0.39 is 9.84 Å². The van der Waals surface area contributed by atoms with Crippen molar-refractivity contribution in [2.75, 3.05) is 17.7 Å². The lowest BCUT2D eigenvalue weighted by Crippen LogP contribution is -2.24. The van der Waals surface area contributed by atoms with E-state index in [1.165, 1.54) is 6.26 Å². The summed E-state index contributed by atoms with van der Waals surface area (Å²) in [4.78, 5) is 18.6. The Hall–Kier alpha value is -2.71. The molecular weight excluding hydrogens is 414 g/mol. The SMILES string of the molecule is CS(=O)(=O)Cc1ccc(-c2noc(C3CC(=O)N(c4ccc(Cl)cc4)C3)n2)cc1. The van der Waals surface area contributed by atoms with Crippen LogP contribution in [0.25, 0.3) is 11.4 Å². The van der Waals surface area contributed by atoms with Crippen LogP contribution in [0, 0.1) is 0 Å². The lowest BCUT2D eigenvalue weighted by Gasteiger charge is -2.15. The molecule has 0 N–H and O–H groups in total. The van der Waals surface area contributed by atoms with Crippen molar-refractivity contribution in [2.45, 2.75) is 18.1 Å². The van der Waals surface area contributed by atoms with Crippen LogP contribution in [0.2, 0.25) is 5.02 Å². The van der Waals surface area contributed by atoms with Crippen LogP contribution in [0.1, 0.15) is 23.8 Å². The fraction of sp³-hybridized carbons (Fsp3) is 0.250. The Bertz CT molecular complexity index is 1140. The molecule has 1 amide bonds. The van der Waals surface area contributed by atoms with Crippen molar-refractivity contribution < 1.29 is 17.7 Å². The van der Waals surface area contributed by atoms with Gasteiger partial charge in [0, 0.05) is 35.5 Å². The normalized spacial score (nSPS) is 17.1. The van der Waals surface area contributed by atoms with E-state index >= 15 is 0 Å². The van der Waals surface area contributed by atoms with Gasteiger partial charge in [0.25, 0.3) is 0 Å². The first-order chi connectivity index (χ1) is 13.8. The number of rotatable bonds is 5. The molecule has 4 rings (SSSR count). The van der Waals surface area contributed by atoms with E-state index in [4.69, 9.17) is 16.1 Å². The molecule has 2 heterocycles. The first-order valence-electron chi connectivity index (χ1n) is 8.95. The molecular formula is C20H18ClN3O4S. The zero-order chi connectivity index (χ0) is 20.6. The highest BCUT2D eigenvalue weighted by Crippen LogP contribution is 2.32. The van der Waals surface area contributed by atoms with Crippen molar-refractivity contribution in [3.63, 3.8) is 0 Å². The monoisotopic (exact) mass is 431 g/mol. The molecule has 9 heteroatoms. The van der Waals surface area contributed by atoms with Crippen LogP contribution < -0.4 is 4.90 Å². The molecule has 0 radical (unpaired) electrons. The van der Waals surface area contributed by atoms with Gasteiger partial charge in [0.1, 0.15) is 0 Å². The fourth-order valence-electron chi connectivity index (χ4n) is 3.31. The number of anilines is 1. The molecule has 1 unspecified atom stereocenters. The van der Waals surface area contributed by atoms with E-state index in [-0.39, 0.29) is 24.0 Å². The van der Waals surface area contributed by atoms with Crippen LogP contribution in [0.3, 0.4) is 0 Å². The first kappa shape index (κ1) is 19.6. The summed E-state index contributed by atoms with van der Waals surface area (Å²) in [6, 6.07) is 14.1. The van der Waals surface area contributed by atoms with Gasteiger partial charge >= 0.3 is 0 Å². The largest absolute Gasteiger partial charge is 0.339 e. The number of amides is 1. The second-order valence-electron chi connectivity index (χ2n) is 7.11. The summed E-state index contributed by atoms with van der Waals surface area (Å²) in [7, 11) is -3.09. The molecule has 0 aliphatic carbocycles. The highest BCUT2D eigenvalue weighted by Gasteiger charge is 2.35. The average molecular weight is 432 g/mol. The van der Waals surface area contributed by atoms with E-state index in [1.807, 2.05) is 0 Å². The first-order valence-corrected chi connectivity index (χ1v) is 11.4. The Morgan fingerprint density at radius 2 is 1.83 bits per heavy atom. The minimum Gasteiger partial charge on any atom is -0.339 e. The summed E-state index contributed by atoms with van der Waals surface area (Å²) >= 11 is 5.91. The molecule has 1 atom stereocenters.